The molecule has 0 aliphatic carbocycles. The monoisotopic (exact) mass is 301 g/mol. The minimum atomic E-state index is -0.106. The second-order valence-corrected chi connectivity index (χ2v) is 4.77. The number of amides is 1. The van der Waals surface area contributed by atoms with Gasteiger partial charge in [-0.2, -0.15) is 0 Å². The van der Waals surface area contributed by atoms with E-state index >= 15 is 0 Å². The molecule has 1 aromatic rings. The molecule has 1 heterocycles. The second kappa shape index (κ2) is 8.34. The van der Waals surface area contributed by atoms with E-state index in [1.165, 1.54) is 12.8 Å². The van der Waals surface area contributed by atoms with Crippen molar-refractivity contribution in [3.05, 3.63) is 23.7 Å². The van der Waals surface area contributed by atoms with Crippen molar-refractivity contribution in [1.82, 2.24) is 5.32 Å². The summed E-state index contributed by atoms with van der Waals surface area (Å²) in [5.41, 5.74) is 0. The molecule has 0 aromatic carbocycles. The molecular formula is C13H20BrNO2. The Labute approximate surface area is 111 Å². The fourth-order valence-corrected chi connectivity index (χ4v) is 1.95. The third-order valence-electron chi connectivity index (χ3n) is 2.58. The molecule has 4 heteroatoms. The van der Waals surface area contributed by atoms with Crippen molar-refractivity contribution in [3.63, 3.8) is 0 Å². The number of rotatable bonds is 8. The minimum absolute atomic E-state index is 0.106. The maximum Gasteiger partial charge on any atom is 0.286 e. The van der Waals surface area contributed by atoms with Gasteiger partial charge >= 0.3 is 0 Å². The average Bonchev–Trinajstić information content (AvgIpc) is 2.82. The lowest BCUT2D eigenvalue weighted by Gasteiger charge is -2.02. The van der Waals surface area contributed by atoms with Gasteiger partial charge in [0.1, 0.15) is 5.76 Å². The molecule has 0 fully saturated rings. The summed E-state index contributed by atoms with van der Waals surface area (Å²) in [6.07, 6.45) is 5.41. The fourth-order valence-electron chi connectivity index (χ4n) is 1.55. The number of nitrogens with one attached hydrogen (secondary N) is 1. The Kier molecular flexibility index (Phi) is 7.01. The predicted molar refractivity (Wildman–Crippen MR) is 72.7 cm³/mol. The summed E-state index contributed by atoms with van der Waals surface area (Å²) >= 11 is 3.40. The van der Waals surface area contributed by atoms with Crippen LogP contribution in [0.1, 0.15) is 48.9 Å². The molecule has 1 N–H and O–H groups in total. The molecule has 0 saturated heterocycles. The molecule has 0 unspecified atom stereocenters. The Bertz CT molecular complexity index is 336. The van der Waals surface area contributed by atoms with Crippen LogP contribution < -0.4 is 5.32 Å². The van der Waals surface area contributed by atoms with E-state index in [0.717, 1.165) is 36.9 Å². The van der Waals surface area contributed by atoms with Crippen molar-refractivity contribution in [2.75, 3.05) is 11.9 Å². The summed E-state index contributed by atoms with van der Waals surface area (Å²) in [6, 6.07) is 3.59. The summed E-state index contributed by atoms with van der Waals surface area (Å²) in [4.78, 5) is 11.7. The minimum Gasteiger partial charge on any atom is -0.456 e. The highest BCUT2D eigenvalue weighted by atomic mass is 79.9. The summed E-state index contributed by atoms with van der Waals surface area (Å²) in [5.74, 6) is 1.17. The van der Waals surface area contributed by atoms with Gasteiger partial charge in [-0.15, -0.1) is 0 Å². The molecule has 0 bridgehead atoms. The number of alkyl halides is 1. The lowest BCUT2D eigenvalue weighted by molar-refractivity contribution is 0.0923. The van der Waals surface area contributed by atoms with Crippen molar-refractivity contribution < 1.29 is 9.21 Å². The predicted octanol–water partition coefficient (Wildman–Crippen LogP) is 3.53. The van der Waals surface area contributed by atoms with Crippen LogP contribution in [-0.4, -0.2) is 17.8 Å². The van der Waals surface area contributed by atoms with Crippen molar-refractivity contribution in [2.45, 2.75) is 39.0 Å². The van der Waals surface area contributed by atoms with Crippen LogP contribution in [0.4, 0.5) is 0 Å². The molecule has 1 amide bonds. The average molecular weight is 302 g/mol. The first-order valence-electron chi connectivity index (χ1n) is 6.20. The topological polar surface area (TPSA) is 42.2 Å². The van der Waals surface area contributed by atoms with Crippen LogP contribution >= 0.6 is 15.9 Å². The molecule has 0 aliphatic heterocycles. The molecule has 17 heavy (non-hydrogen) atoms. The zero-order valence-electron chi connectivity index (χ0n) is 10.3. The molecular weight excluding hydrogens is 282 g/mol. The van der Waals surface area contributed by atoms with Crippen LogP contribution in [0.5, 0.6) is 0 Å². The first-order chi connectivity index (χ1) is 8.27. The van der Waals surface area contributed by atoms with Gasteiger partial charge in [0.2, 0.25) is 0 Å². The number of hydrogen-bond donors (Lipinski definition) is 1. The molecule has 0 saturated carbocycles. The third-order valence-corrected chi connectivity index (χ3v) is 3.14. The summed E-state index contributed by atoms with van der Waals surface area (Å²) in [5, 5.41) is 3.93. The fraction of sp³-hybridized carbons (Fsp3) is 0.615. The van der Waals surface area contributed by atoms with Gasteiger partial charge in [-0.05, 0) is 25.0 Å². The second-order valence-electron chi connectivity index (χ2n) is 3.98. The van der Waals surface area contributed by atoms with Crippen LogP contribution in [0.3, 0.4) is 0 Å². The van der Waals surface area contributed by atoms with Gasteiger partial charge in [0, 0.05) is 18.3 Å². The molecule has 0 radical (unpaired) electrons. The number of hydrogen-bond acceptors (Lipinski definition) is 2. The van der Waals surface area contributed by atoms with E-state index < -0.39 is 0 Å². The van der Waals surface area contributed by atoms with E-state index in [2.05, 4.69) is 21.2 Å². The maximum absolute atomic E-state index is 11.7. The van der Waals surface area contributed by atoms with Crippen LogP contribution in [0.2, 0.25) is 0 Å². The molecule has 0 aliphatic rings. The number of halogens is 1. The first kappa shape index (κ1) is 14.3. The maximum atomic E-state index is 11.7. The highest BCUT2D eigenvalue weighted by Gasteiger charge is 2.09. The largest absolute Gasteiger partial charge is 0.456 e. The van der Waals surface area contributed by atoms with E-state index in [1.54, 1.807) is 6.07 Å². The van der Waals surface area contributed by atoms with Gasteiger partial charge in [0.05, 0.1) is 0 Å². The summed E-state index contributed by atoms with van der Waals surface area (Å²) in [7, 11) is 0. The van der Waals surface area contributed by atoms with Gasteiger partial charge in [-0.25, -0.2) is 0 Å². The van der Waals surface area contributed by atoms with Crippen LogP contribution in [0.25, 0.3) is 0 Å². The summed E-state index contributed by atoms with van der Waals surface area (Å²) in [6.45, 7) is 2.73. The van der Waals surface area contributed by atoms with Crippen LogP contribution in [-0.2, 0) is 6.42 Å². The van der Waals surface area contributed by atoms with Gasteiger partial charge in [-0.3, -0.25) is 4.79 Å². The molecule has 0 atom stereocenters. The van der Waals surface area contributed by atoms with Crippen LogP contribution in [0, 0.1) is 0 Å². The van der Waals surface area contributed by atoms with Crippen molar-refractivity contribution in [1.29, 1.82) is 0 Å². The van der Waals surface area contributed by atoms with E-state index in [4.69, 9.17) is 4.42 Å². The zero-order valence-corrected chi connectivity index (χ0v) is 11.9. The zero-order chi connectivity index (χ0) is 12.5. The molecule has 96 valence electrons. The number of unbranched alkanes of at least 4 members (excludes halogenated alkanes) is 3. The lowest BCUT2D eigenvalue weighted by atomic mass is 10.2. The molecule has 1 rings (SSSR count). The van der Waals surface area contributed by atoms with Crippen LogP contribution in [0.15, 0.2) is 16.5 Å². The number of carbonyl (C=O) groups is 1. The Balaban J connectivity index is 2.16. The van der Waals surface area contributed by atoms with E-state index in [9.17, 15) is 4.79 Å². The quantitative estimate of drug-likeness (QED) is 0.589. The highest BCUT2D eigenvalue weighted by molar-refractivity contribution is 9.09. The number of aryl methyl sites for hydroxylation is 1. The van der Waals surface area contributed by atoms with Gasteiger partial charge < -0.3 is 9.73 Å². The lowest BCUT2D eigenvalue weighted by Crippen LogP contribution is -2.23. The smallest absolute Gasteiger partial charge is 0.286 e. The van der Waals surface area contributed by atoms with E-state index in [0.29, 0.717) is 5.76 Å². The van der Waals surface area contributed by atoms with E-state index in [-0.39, 0.29) is 5.91 Å². The van der Waals surface area contributed by atoms with Gasteiger partial charge in [0.25, 0.3) is 5.91 Å². The third kappa shape index (κ3) is 5.39. The molecule has 1 aromatic heterocycles. The molecule has 0 spiro atoms. The van der Waals surface area contributed by atoms with Crippen molar-refractivity contribution in [2.24, 2.45) is 0 Å². The standard InChI is InChI=1S/C13H20BrNO2/c1-2-11-7-8-12(17-11)13(16)15-10-6-4-3-5-9-14/h7-8H,2-6,9-10H2,1H3,(H,15,16). The van der Waals surface area contributed by atoms with Gasteiger partial charge in [0.15, 0.2) is 5.76 Å². The molecule has 3 nitrogen and oxygen atoms in total. The first-order valence-corrected chi connectivity index (χ1v) is 7.33. The summed E-state index contributed by atoms with van der Waals surface area (Å²) < 4.78 is 5.37. The Morgan fingerprint density at radius 2 is 2.06 bits per heavy atom. The Morgan fingerprint density at radius 1 is 1.29 bits per heavy atom. The van der Waals surface area contributed by atoms with E-state index in [1.807, 2.05) is 13.0 Å². The normalized spacial score (nSPS) is 10.5. The van der Waals surface area contributed by atoms with Crippen molar-refractivity contribution >= 4 is 21.8 Å². The van der Waals surface area contributed by atoms with Crippen molar-refractivity contribution in [3.8, 4) is 0 Å². The number of carbonyl (C=O) groups excluding carboxylic acids is 1. The number of furan rings is 1. The van der Waals surface area contributed by atoms with Gasteiger partial charge in [-0.1, -0.05) is 35.7 Å². The Morgan fingerprint density at radius 3 is 2.71 bits per heavy atom. The Hall–Kier alpha value is -0.770. The SMILES string of the molecule is CCc1ccc(C(=O)NCCCCCCBr)o1. The highest BCUT2D eigenvalue weighted by Crippen LogP contribution is 2.08.